The predicted octanol–water partition coefficient (Wildman–Crippen LogP) is 0.379. The smallest absolute Gasteiger partial charge is 0.354 e. The van der Waals surface area contributed by atoms with Crippen LogP contribution in [0.2, 0.25) is 0 Å². The molecule has 0 bridgehead atoms. The lowest BCUT2D eigenvalue weighted by Crippen LogP contribution is -2.43. The Morgan fingerprint density at radius 3 is 2.56 bits per heavy atom. The van der Waals surface area contributed by atoms with Crippen molar-refractivity contribution in [2.45, 2.75) is 26.4 Å². The first-order valence-electron chi connectivity index (χ1n) is 5.63. The minimum atomic E-state index is -1.08. The maximum atomic E-state index is 11.6. The zero-order chi connectivity index (χ0) is 13.7. The average molecular weight is 251 g/mol. The number of carboxylic acids is 1. The largest absolute Gasteiger partial charge is 0.477 e. The number of hydrogen-bond acceptors (Lipinski definition) is 4. The number of carbonyl (C=O) groups is 2. The lowest BCUT2D eigenvalue weighted by molar-refractivity contribution is -0.123. The quantitative estimate of drug-likeness (QED) is 0.701. The molecule has 1 rings (SSSR count). The number of nitrogens with one attached hydrogen (secondary N) is 1. The molecule has 6 nitrogen and oxygen atoms in total. The Balaban J connectivity index is 2.54. The van der Waals surface area contributed by atoms with Crippen LogP contribution in [0.1, 0.15) is 29.9 Å². The van der Waals surface area contributed by atoms with Gasteiger partial charge >= 0.3 is 5.97 Å². The third kappa shape index (κ3) is 3.81. The van der Waals surface area contributed by atoms with E-state index in [0.29, 0.717) is 0 Å². The van der Waals surface area contributed by atoms with E-state index in [9.17, 15) is 9.59 Å². The second-order valence-corrected chi connectivity index (χ2v) is 4.34. The summed E-state index contributed by atoms with van der Waals surface area (Å²) in [5, 5.41) is 11.4. The highest BCUT2D eigenvalue weighted by Gasteiger charge is 2.16. The van der Waals surface area contributed by atoms with Gasteiger partial charge in [0.1, 0.15) is 5.69 Å². The summed E-state index contributed by atoms with van der Waals surface area (Å²) in [6, 6.07) is 2.46. The van der Waals surface area contributed by atoms with Gasteiger partial charge in [0.05, 0.1) is 6.04 Å². The van der Waals surface area contributed by atoms with Crippen LogP contribution >= 0.6 is 0 Å². The molecular formula is C12H17N3O3. The molecule has 0 spiro atoms. The molecule has 98 valence electrons. The van der Waals surface area contributed by atoms with Crippen LogP contribution in [-0.2, 0) is 11.3 Å². The van der Waals surface area contributed by atoms with E-state index >= 15 is 0 Å². The van der Waals surface area contributed by atoms with Crippen LogP contribution < -0.4 is 11.1 Å². The maximum Gasteiger partial charge on any atom is 0.354 e. The number of aromatic carboxylic acids is 1. The second kappa shape index (κ2) is 6.11. The average Bonchev–Trinajstić information content (AvgIpc) is 2.35. The fourth-order valence-electron chi connectivity index (χ4n) is 1.27. The van der Waals surface area contributed by atoms with Crippen LogP contribution in [0.15, 0.2) is 18.3 Å². The highest BCUT2D eigenvalue weighted by Crippen LogP contribution is 2.02. The first-order valence-corrected chi connectivity index (χ1v) is 5.63. The number of pyridine rings is 1. The number of nitrogens with zero attached hydrogens (tertiary/aromatic N) is 1. The van der Waals surface area contributed by atoms with Gasteiger partial charge in [-0.3, -0.25) is 4.79 Å². The molecule has 0 aliphatic carbocycles. The van der Waals surface area contributed by atoms with Gasteiger partial charge in [0.2, 0.25) is 5.91 Å². The number of carbonyl (C=O) groups excluding carboxylic acids is 1. The molecule has 1 heterocycles. The van der Waals surface area contributed by atoms with Crippen molar-refractivity contribution in [3.8, 4) is 0 Å². The number of amides is 1. The SMILES string of the molecule is CC(C)C(N)C(=O)NCc1ccc(C(=O)O)nc1. The molecule has 0 saturated heterocycles. The van der Waals surface area contributed by atoms with Gasteiger partial charge in [0.15, 0.2) is 0 Å². The van der Waals surface area contributed by atoms with E-state index < -0.39 is 12.0 Å². The summed E-state index contributed by atoms with van der Waals surface area (Å²) < 4.78 is 0. The molecule has 0 radical (unpaired) electrons. The summed E-state index contributed by atoms with van der Waals surface area (Å²) in [6.07, 6.45) is 1.42. The number of nitrogens with two attached hydrogens (primary N) is 1. The van der Waals surface area contributed by atoms with E-state index in [4.69, 9.17) is 10.8 Å². The third-order valence-electron chi connectivity index (χ3n) is 2.53. The number of hydrogen-bond donors (Lipinski definition) is 3. The Kier molecular flexibility index (Phi) is 4.79. The van der Waals surface area contributed by atoms with Crippen molar-refractivity contribution in [2.24, 2.45) is 11.7 Å². The normalized spacial score (nSPS) is 12.2. The van der Waals surface area contributed by atoms with Crippen LogP contribution in [0.25, 0.3) is 0 Å². The number of aromatic nitrogens is 1. The van der Waals surface area contributed by atoms with E-state index in [-0.39, 0.29) is 24.1 Å². The molecule has 1 aromatic rings. The topological polar surface area (TPSA) is 105 Å². The zero-order valence-electron chi connectivity index (χ0n) is 10.4. The summed E-state index contributed by atoms with van der Waals surface area (Å²) in [5.74, 6) is -1.24. The molecule has 1 unspecified atom stereocenters. The molecule has 1 atom stereocenters. The fourth-order valence-corrected chi connectivity index (χ4v) is 1.27. The van der Waals surface area contributed by atoms with Gasteiger partial charge in [0.25, 0.3) is 0 Å². The highest BCUT2D eigenvalue weighted by molar-refractivity contribution is 5.85. The van der Waals surface area contributed by atoms with Gasteiger partial charge in [-0.1, -0.05) is 19.9 Å². The molecule has 0 saturated carbocycles. The van der Waals surface area contributed by atoms with Crippen molar-refractivity contribution in [2.75, 3.05) is 0 Å². The van der Waals surface area contributed by atoms with Gasteiger partial charge in [0, 0.05) is 12.7 Å². The summed E-state index contributed by atoms with van der Waals surface area (Å²) >= 11 is 0. The van der Waals surface area contributed by atoms with Crippen LogP contribution in [0.5, 0.6) is 0 Å². The molecule has 0 fully saturated rings. The minimum absolute atomic E-state index is 0.0241. The summed E-state index contributed by atoms with van der Waals surface area (Å²) in [5.41, 5.74) is 6.38. The highest BCUT2D eigenvalue weighted by atomic mass is 16.4. The molecule has 18 heavy (non-hydrogen) atoms. The fraction of sp³-hybridized carbons (Fsp3) is 0.417. The molecule has 0 aliphatic rings. The first-order chi connectivity index (χ1) is 8.41. The lowest BCUT2D eigenvalue weighted by atomic mass is 10.1. The van der Waals surface area contributed by atoms with Gasteiger partial charge in [-0.15, -0.1) is 0 Å². The van der Waals surface area contributed by atoms with Crippen LogP contribution in [0.4, 0.5) is 0 Å². The van der Waals surface area contributed by atoms with Crippen molar-refractivity contribution < 1.29 is 14.7 Å². The van der Waals surface area contributed by atoms with Crippen LogP contribution in [-0.4, -0.2) is 28.0 Å². The maximum absolute atomic E-state index is 11.6. The Morgan fingerprint density at radius 2 is 2.11 bits per heavy atom. The van der Waals surface area contributed by atoms with Crippen molar-refractivity contribution in [1.82, 2.24) is 10.3 Å². The van der Waals surface area contributed by atoms with Crippen molar-refractivity contribution in [3.05, 3.63) is 29.6 Å². The monoisotopic (exact) mass is 251 g/mol. The Hall–Kier alpha value is -1.95. The van der Waals surface area contributed by atoms with Gasteiger partial charge < -0.3 is 16.2 Å². The molecule has 1 amide bonds. The lowest BCUT2D eigenvalue weighted by Gasteiger charge is -2.15. The predicted molar refractivity (Wildman–Crippen MR) is 65.9 cm³/mol. The number of carboxylic acid groups (broad SMARTS) is 1. The standard InChI is InChI=1S/C12H17N3O3/c1-7(2)10(13)11(16)15-6-8-3-4-9(12(17)18)14-5-8/h3-5,7,10H,6,13H2,1-2H3,(H,15,16)(H,17,18). The summed E-state index contributed by atoms with van der Waals surface area (Å²) in [7, 11) is 0. The van der Waals surface area contributed by atoms with Crippen molar-refractivity contribution in [3.63, 3.8) is 0 Å². The summed E-state index contributed by atoms with van der Waals surface area (Å²) in [6.45, 7) is 4.02. The van der Waals surface area contributed by atoms with E-state index in [1.165, 1.54) is 12.3 Å². The molecule has 6 heteroatoms. The minimum Gasteiger partial charge on any atom is -0.477 e. The van der Waals surface area contributed by atoms with E-state index in [1.54, 1.807) is 6.07 Å². The molecule has 4 N–H and O–H groups in total. The molecule has 0 aromatic carbocycles. The molecule has 0 aliphatic heterocycles. The van der Waals surface area contributed by atoms with E-state index in [2.05, 4.69) is 10.3 Å². The Morgan fingerprint density at radius 1 is 1.44 bits per heavy atom. The Bertz CT molecular complexity index is 429. The van der Waals surface area contributed by atoms with Crippen LogP contribution in [0.3, 0.4) is 0 Å². The van der Waals surface area contributed by atoms with E-state index in [1.807, 2.05) is 13.8 Å². The zero-order valence-corrected chi connectivity index (χ0v) is 10.4. The van der Waals surface area contributed by atoms with E-state index in [0.717, 1.165) is 5.56 Å². The second-order valence-electron chi connectivity index (χ2n) is 4.34. The van der Waals surface area contributed by atoms with Crippen molar-refractivity contribution in [1.29, 1.82) is 0 Å². The summed E-state index contributed by atoms with van der Waals surface area (Å²) in [4.78, 5) is 25.9. The number of rotatable bonds is 5. The van der Waals surface area contributed by atoms with Gasteiger partial charge in [-0.05, 0) is 17.5 Å². The molecule has 1 aromatic heterocycles. The Labute approximate surface area is 105 Å². The van der Waals surface area contributed by atoms with Crippen LogP contribution in [0, 0.1) is 5.92 Å². The van der Waals surface area contributed by atoms with Gasteiger partial charge in [-0.25, -0.2) is 9.78 Å². The third-order valence-corrected chi connectivity index (χ3v) is 2.53. The van der Waals surface area contributed by atoms with Crippen molar-refractivity contribution >= 4 is 11.9 Å². The first kappa shape index (κ1) is 14.1. The molecular weight excluding hydrogens is 234 g/mol. The van der Waals surface area contributed by atoms with Gasteiger partial charge in [-0.2, -0.15) is 0 Å².